The molecule has 0 aliphatic carbocycles. The number of imide groups is 1. The number of hydrogen-bond acceptors (Lipinski definition) is 5. The summed E-state index contributed by atoms with van der Waals surface area (Å²) in [5.74, 6) is -0.0533. The molecule has 1 N–H and O–H groups in total. The van der Waals surface area contributed by atoms with Crippen LogP contribution in [-0.2, 0) is 14.8 Å². The summed E-state index contributed by atoms with van der Waals surface area (Å²) in [6.07, 6.45) is 0.424. The first kappa shape index (κ1) is 15.8. The van der Waals surface area contributed by atoms with Crippen molar-refractivity contribution in [3.05, 3.63) is 24.3 Å². The van der Waals surface area contributed by atoms with E-state index in [0.29, 0.717) is 6.42 Å². The topological polar surface area (TPSA) is 96.0 Å². The number of benzene rings is 1. The van der Waals surface area contributed by atoms with Gasteiger partial charge in [-0.15, -0.1) is 0 Å². The average Bonchev–Trinajstić information content (AvgIpc) is 3.14. The van der Waals surface area contributed by atoms with Crippen LogP contribution < -0.4 is 10.1 Å². The fourth-order valence-corrected chi connectivity index (χ4v) is 4.56. The van der Waals surface area contributed by atoms with Gasteiger partial charge in [-0.3, -0.25) is 9.69 Å². The van der Waals surface area contributed by atoms with Crippen molar-refractivity contribution in [1.29, 1.82) is 0 Å². The standard InChI is InChI=1S/C14H17N3O5S/c1-22-11-4-2-3-5-12(11)23(20,21)16-7-6-10(9-16)17-13(18)8-15-14(17)19/h2-5,10H,6-9H2,1H3,(H,15,19)/t10-/m0/s1. The van der Waals surface area contributed by atoms with Gasteiger partial charge >= 0.3 is 6.03 Å². The number of amides is 3. The number of nitrogens with one attached hydrogen (secondary N) is 1. The number of carbonyl (C=O) groups excluding carboxylic acids is 2. The fourth-order valence-electron chi connectivity index (χ4n) is 2.91. The minimum Gasteiger partial charge on any atom is -0.495 e. The maximum absolute atomic E-state index is 12.8. The molecule has 0 radical (unpaired) electrons. The van der Waals surface area contributed by atoms with Crippen molar-refractivity contribution in [2.24, 2.45) is 0 Å². The average molecular weight is 339 g/mol. The van der Waals surface area contributed by atoms with E-state index in [2.05, 4.69) is 5.32 Å². The van der Waals surface area contributed by atoms with Gasteiger partial charge in [0.15, 0.2) is 0 Å². The summed E-state index contributed by atoms with van der Waals surface area (Å²) in [4.78, 5) is 24.7. The first-order valence-electron chi connectivity index (χ1n) is 7.18. The summed E-state index contributed by atoms with van der Waals surface area (Å²) in [6.45, 7) is 0.316. The van der Waals surface area contributed by atoms with E-state index in [1.807, 2.05) is 0 Å². The second-order valence-electron chi connectivity index (χ2n) is 5.38. The van der Waals surface area contributed by atoms with Gasteiger partial charge in [0.25, 0.3) is 0 Å². The molecule has 1 aromatic carbocycles. The summed E-state index contributed by atoms with van der Waals surface area (Å²) in [5, 5.41) is 2.45. The molecule has 2 aliphatic rings. The quantitative estimate of drug-likeness (QED) is 0.780. The maximum atomic E-state index is 12.8. The molecule has 124 valence electrons. The number of ether oxygens (including phenoxy) is 1. The summed E-state index contributed by atoms with van der Waals surface area (Å²) >= 11 is 0. The zero-order chi connectivity index (χ0) is 16.6. The van der Waals surface area contributed by atoms with Crippen LogP contribution in [0.3, 0.4) is 0 Å². The lowest BCUT2D eigenvalue weighted by atomic mass is 10.2. The molecule has 2 aliphatic heterocycles. The van der Waals surface area contributed by atoms with Crippen LogP contribution in [0.15, 0.2) is 29.2 Å². The van der Waals surface area contributed by atoms with Gasteiger partial charge < -0.3 is 10.1 Å². The second kappa shape index (κ2) is 5.82. The molecule has 0 saturated carbocycles. The molecular formula is C14H17N3O5S. The Morgan fingerprint density at radius 2 is 2.00 bits per heavy atom. The highest BCUT2D eigenvalue weighted by Crippen LogP contribution is 2.29. The number of urea groups is 1. The van der Waals surface area contributed by atoms with Crippen molar-refractivity contribution in [3.8, 4) is 5.75 Å². The zero-order valence-electron chi connectivity index (χ0n) is 12.6. The van der Waals surface area contributed by atoms with Gasteiger partial charge in [-0.2, -0.15) is 4.31 Å². The van der Waals surface area contributed by atoms with Gasteiger partial charge in [-0.05, 0) is 18.6 Å². The number of carbonyl (C=O) groups is 2. The lowest BCUT2D eigenvalue weighted by molar-refractivity contribution is -0.126. The predicted molar refractivity (Wildman–Crippen MR) is 80.4 cm³/mol. The molecule has 0 spiro atoms. The van der Waals surface area contributed by atoms with Crippen LogP contribution >= 0.6 is 0 Å². The highest BCUT2D eigenvalue weighted by molar-refractivity contribution is 7.89. The summed E-state index contributed by atoms with van der Waals surface area (Å²) in [5.41, 5.74) is 0. The summed E-state index contributed by atoms with van der Waals surface area (Å²) in [6, 6.07) is 5.48. The normalized spacial score (nSPS) is 22.5. The van der Waals surface area contributed by atoms with Crippen LogP contribution in [0.4, 0.5) is 4.79 Å². The highest BCUT2D eigenvalue weighted by atomic mass is 32.2. The molecule has 8 nitrogen and oxygen atoms in total. The Morgan fingerprint density at radius 1 is 1.26 bits per heavy atom. The van der Waals surface area contributed by atoms with E-state index in [1.54, 1.807) is 18.2 Å². The lowest BCUT2D eigenvalue weighted by Gasteiger charge is -2.22. The number of nitrogens with zero attached hydrogens (tertiary/aromatic N) is 2. The third-order valence-electron chi connectivity index (χ3n) is 4.06. The van der Waals surface area contributed by atoms with Crippen molar-refractivity contribution in [3.63, 3.8) is 0 Å². The van der Waals surface area contributed by atoms with Crippen LogP contribution in [0.2, 0.25) is 0 Å². The van der Waals surface area contributed by atoms with Crippen molar-refractivity contribution in [1.82, 2.24) is 14.5 Å². The molecule has 3 amide bonds. The minimum absolute atomic E-state index is 0.0331. The van der Waals surface area contributed by atoms with E-state index in [1.165, 1.54) is 17.5 Å². The number of hydrogen-bond donors (Lipinski definition) is 1. The van der Waals surface area contributed by atoms with Crippen LogP contribution in [0.5, 0.6) is 5.75 Å². The summed E-state index contributed by atoms with van der Waals surface area (Å²) < 4.78 is 32.0. The first-order chi connectivity index (χ1) is 10.9. The molecular weight excluding hydrogens is 322 g/mol. The Kier molecular flexibility index (Phi) is 3.99. The number of sulfonamides is 1. The van der Waals surface area contributed by atoms with E-state index in [0.717, 1.165) is 4.90 Å². The molecule has 1 aromatic rings. The second-order valence-corrected chi connectivity index (χ2v) is 7.29. The van der Waals surface area contributed by atoms with Gasteiger partial charge in [0.05, 0.1) is 19.7 Å². The molecule has 0 bridgehead atoms. The Labute approximate surface area is 134 Å². The van der Waals surface area contributed by atoms with Crippen molar-refractivity contribution in [2.75, 3.05) is 26.7 Å². The third-order valence-corrected chi connectivity index (χ3v) is 5.96. The van der Waals surface area contributed by atoms with Crippen LogP contribution in [-0.4, -0.2) is 62.3 Å². The van der Waals surface area contributed by atoms with Crippen molar-refractivity contribution < 1.29 is 22.7 Å². The molecule has 2 saturated heterocycles. The Hall–Kier alpha value is -2.13. The maximum Gasteiger partial charge on any atom is 0.324 e. The molecule has 23 heavy (non-hydrogen) atoms. The Balaban J connectivity index is 1.83. The molecule has 2 fully saturated rings. The van der Waals surface area contributed by atoms with Gasteiger partial charge in [0.1, 0.15) is 10.6 Å². The van der Waals surface area contributed by atoms with Gasteiger partial charge in [0.2, 0.25) is 15.9 Å². The lowest BCUT2D eigenvalue weighted by Crippen LogP contribution is -2.42. The minimum atomic E-state index is -3.74. The molecule has 0 unspecified atom stereocenters. The monoisotopic (exact) mass is 339 g/mol. The molecule has 9 heteroatoms. The Morgan fingerprint density at radius 3 is 2.65 bits per heavy atom. The predicted octanol–water partition coefficient (Wildman–Crippen LogP) is 0.0100. The summed E-state index contributed by atoms with van der Waals surface area (Å²) in [7, 11) is -2.33. The van der Waals surface area contributed by atoms with Gasteiger partial charge in [0, 0.05) is 13.1 Å². The number of methoxy groups -OCH3 is 1. The van der Waals surface area contributed by atoms with E-state index < -0.39 is 22.1 Å². The number of para-hydroxylation sites is 1. The van der Waals surface area contributed by atoms with Gasteiger partial charge in [-0.1, -0.05) is 12.1 Å². The molecule has 1 atom stereocenters. The first-order valence-corrected chi connectivity index (χ1v) is 8.62. The number of rotatable bonds is 4. The van der Waals surface area contributed by atoms with Crippen LogP contribution in [0.1, 0.15) is 6.42 Å². The molecule has 0 aromatic heterocycles. The van der Waals surface area contributed by atoms with Crippen LogP contribution in [0, 0.1) is 0 Å². The van der Waals surface area contributed by atoms with Crippen LogP contribution in [0.25, 0.3) is 0 Å². The van der Waals surface area contributed by atoms with E-state index in [-0.39, 0.29) is 36.2 Å². The highest BCUT2D eigenvalue weighted by Gasteiger charge is 2.42. The van der Waals surface area contributed by atoms with E-state index in [9.17, 15) is 18.0 Å². The SMILES string of the molecule is COc1ccccc1S(=O)(=O)N1CC[C@H](N2C(=O)CNC2=O)C1. The fraction of sp³-hybridized carbons (Fsp3) is 0.429. The Bertz CT molecular complexity index is 733. The third kappa shape index (κ3) is 2.66. The largest absolute Gasteiger partial charge is 0.495 e. The van der Waals surface area contributed by atoms with Crippen molar-refractivity contribution >= 4 is 22.0 Å². The zero-order valence-corrected chi connectivity index (χ0v) is 13.4. The van der Waals surface area contributed by atoms with Crippen molar-refractivity contribution in [2.45, 2.75) is 17.4 Å². The molecule has 3 rings (SSSR count). The van der Waals surface area contributed by atoms with E-state index >= 15 is 0 Å². The molecule has 2 heterocycles. The van der Waals surface area contributed by atoms with E-state index in [4.69, 9.17) is 4.74 Å². The smallest absolute Gasteiger partial charge is 0.324 e. The van der Waals surface area contributed by atoms with Gasteiger partial charge in [-0.25, -0.2) is 13.2 Å².